The van der Waals surface area contributed by atoms with Crippen LogP contribution in [0, 0.1) is 0 Å². The normalized spacial score (nSPS) is 10.7. The van der Waals surface area contributed by atoms with Crippen LogP contribution in [0.15, 0.2) is 48.5 Å². The lowest BCUT2D eigenvalue weighted by Gasteiger charge is -2.11. The summed E-state index contributed by atoms with van der Waals surface area (Å²) in [6.45, 7) is -2.86. The third-order valence-electron chi connectivity index (χ3n) is 3.62. The Kier molecular flexibility index (Phi) is 5.60. The lowest BCUT2D eigenvalue weighted by Crippen LogP contribution is -2.23. The van der Waals surface area contributed by atoms with Crippen molar-refractivity contribution >= 4 is 5.91 Å². The summed E-state index contributed by atoms with van der Waals surface area (Å²) in [7, 11) is 1.30. The number of nitrogens with one attached hydrogen (secondary N) is 2. The maximum atomic E-state index is 12.4. The van der Waals surface area contributed by atoms with Crippen molar-refractivity contribution in [1.82, 2.24) is 20.5 Å². The highest BCUT2D eigenvalue weighted by Gasteiger charge is 2.14. The van der Waals surface area contributed by atoms with E-state index >= 15 is 0 Å². The van der Waals surface area contributed by atoms with Gasteiger partial charge in [0, 0.05) is 11.1 Å². The van der Waals surface area contributed by atoms with E-state index in [2.05, 4.69) is 25.2 Å². The largest absolute Gasteiger partial charge is 0.493 e. The molecule has 0 spiro atoms. The van der Waals surface area contributed by atoms with Gasteiger partial charge in [-0.15, -0.1) is 0 Å². The first-order chi connectivity index (χ1) is 13.1. The molecule has 0 unspecified atom stereocenters. The fourth-order valence-electron chi connectivity index (χ4n) is 2.36. The molecule has 0 saturated carbocycles. The molecule has 0 radical (unpaired) electrons. The zero-order valence-electron chi connectivity index (χ0n) is 14.3. The molecule has 9 heteroatoms. The molecule has 1 amide bonds. The van der Waals surface area contributed by atoms with Gasteiger partial charge in [-0.05, 0) is 18.2 Å². The van der Waals surface area contributed by atoms with Gasteiger partial charge in [0.25, 0.3) is 5.91 Å². The number of aromatic nitrogens is 3. The van der Waals surface area contributed by atoms with Crippen LogP contribution in [0.1, 0.15) is 16.2 Å². The number of methoxy groups -OCH3 is 1. The van der Waals surface area contributed by atoms with Gasteiger partial charge in [0.1, 0.15) is 5.82 Å². The van der Waals surface area contributed by atoms with Crippen LogP contribution in [0.25, 0.3) is 11.4 Å². The zero-order chi connectivity index (χ0) is 19.2. The van der Waals surface area contributed by atoms with E-state index in [1.54, 1.807) is 0 Å². The van der Waals surface area contributed by atoms with Gasteiger partial charge >= 0.3 is 6.61 Å². The molecule has 0 atom stereocenters. The van der Waals surface area contributed by atoms with E-state index < -0.39 is 12.5 Å². The number of halogens is 2. The van der Waals surface area contributed by atoms with Crippen molar-refractivity contribution in [2.45, 2.75) is 13.2 Å². The maximum absolute atomic E-state index is 12.4. The number of benzene rings is 2. The highest BCUT2D eigenvalue weighted by molar-refractivity contribution is 5.94. The molecule has 3 rings (SSSR count). The number of carbonyl (C=O) groups excluding carboxylic acids is 1. The summed E-state index contributed by atoms with van der Waals surface area (Å²) in [6.07, 6.45) is 0. The molecule has 2 aromatic carbocycles. The number of rotatable bonds is 7. The Morgan fingerprint density at radius 2 is 1.96 bits per heavy atom. The van der Waals surface area contributed by atoms with Gasteiger partial charge in [-0.1, -0.05) is 30.3 Å². The van der Waals surface area contributed by atoms with Crippen LogP contribution in [0.2, 0.25) is 0 Å². The van der Waals surface area contributed by atoms with Gasteiger partial charge < -0.3 is 14.8 Å². The van der Waals surface area contributed by atoms with E-state index in [4.69, 9.17) is 4.74 Å². The highest BCUT2D eigenvalue weighted by atomic mass is 19.3. The van der Waals surface area contributed by atoms with Crippen LogP contribution in [0.5, 0.6) is 11.5 Å². The van der Waals surface area contributed by atoms with Crippen molar-refractivity contribution < 1.29 is 23.0 Å². The van der Waals surface area contributed by atoms with E-state index in [0.29, 0.717) is 11.6 Å². The molecule has 27 heavy (non-hydrogen) atoms. The molecule has 3 aromatic rings. The van der Waals surface area contributed by atoms with Crippen LogP contribution in [0.4, 0.5) is 8.78 Å². The number of hydrogen-bond donors (Lipinski definition) is 2. The topological polar surface area (TPSA) is 89.1 Å². The van der Waals surface area contributed by atoms with Gasteiger partial charge in [0.05, 0.1) is 13.7 Å². The van der Waals surface area contributed by atoms with Gasteiger partial charge in [0.15, 0.2) is 17.3 Å². The van der Waals surface area contributed by atoms with E-state index in [1.165, 1.54) is 25.3 Å². The summed E-state index contributed by atoms with van der Waals surface area (Å²) in [6, 6.07) is 13.3. The summed E-state index contributed by atoms with van der Waals surface area (Å²) < 4.78 is 34.0. The number of carbonyl (C=O) groups is 1. The summed E-state index contributed by atoms with van der Waals surface area (Å²) >= 11 is 0. The van der Waals surface area contributed by atoms with Crippen LogP contribution >= 0.6 is 0 Å². The Balaban J connectivity index is 1.65. The van der Waals surface area contributed by atoms with Crippen LogP contribution < -0.4 is 14.8 Å². The van der Waals surface area contributed by atoms with Crippen molar-refractivity contribution in [3.63, 3.8) is 0 Å². The zero-order valence-corrected chi connectivity index (χ0v) is 14.3. The number of aromatic amines is 1. The quantitative estimate of drug-likeness (QED) is 0.664. The van der Waals surface area contributed by atoms with Gasteiger partial charge in [-0.2, -0.15) is 13.9 Å². The first kappa shape index (κ1) is 18.3. The van der Waals surface area contributed by atoms with Crippen molar-refractivity contribution in [3.05, 3.63) is 59.9 Å². The molecule has 0 aliphatic carbocycles. The highest BCUT2D eigenvalue weighted by Crippen LogP contribution is 2.29. The van der Waals surface area contributed by atoms with Crippen molar-refractivity contribution in [2.24, 2.45) is 0 Å². The average molecular weight is 374 g/mol. The number of amides is 1. The van der Waals surface area contributed by atoms with Crippen molar-refractivity contribution in [3.8, 4) is 22.9 Å². The molecule has 1 aromatic heterocycles. The number of nitrogens with zero attached hydrogens (tertiary/aromatic N) is 2. The third-order valence-corrected chi connectivity index (χ3v) is 3.62. The fraction of sp³-hybridized carbons (Fsp3) is 0.167. The first-order valence-corrected chi connectivity index (χ1v) is 7.94. The fourth-order valence-corrected chi connectivity index (χ4v) is 2.36. The standard InChI is InChI=1S/C18H16F2N4O3/c1-26-14-9-12(7-8-13(14)27-18(19)20)17(25)21-10-15-22-16(24-23-15)11-5-3-2-4-6-11/h2-9,18H,10H2,1H3,(H,21,25)(H,22,23,24). The molecule has 0 bridgehead atoms. The predicted molar refractivity (Wildman–Crippen MR) is 92.6 cm³/mol. The number of alkyl halides is 2. The smallest absolute Gasteiger partial charge is 0.387 e. The Labute approximate surface area is 153 Å². The molecule has 2 N–H and O–H groups in total. The van der Waals surface area contributed by atoms with Crippen LogP contribution in [-0.4, -0.2) is 34.8 Å². The van der Waals surface area contributed by atoms with E-state index in [9.17, 15) is 13.6 Å². The second kappa shape index (κ2) is 8.26. The summed E-state index contributed by atoms with van der Waals surface area (Å²) in [4.78, 5) is 16.6. The average Bonchev–Trinajstić information content (AvgIpc) is 3.16. The molecule has 0 aliphatic heterocycles. The number of hydrogen-bond acceptors (Lipinski definition) is 5. The second-order valence-electron chi connectivity index (χ2n) is 5.40. The van der Waals surface area contributed by atoms with E-state index in [0.717, 1.165) is 5.56 Å². The van der Waals surface area contributed by atoms with Crippen LogP contribution in [0.3, 0.4) is 0 Å². The van der Waals surface area contributed by atoms with Crippen molar-refractivity contribution in [2.75, 3.05) is 7.11 Å². The molecular formula is C18H16F2N4O3. The molecule has 0 saturated heterocycles. The summed E-state index contributed by atoms with van der Waals surface area (Å²) in [5.41, 5.74) is 1.09. The van der Waals surface area contributed by atoms with Gasteiger partial charge in [-0.25, -0.2) is 4.98 Å². The van der Waals surface area contributed by atoms with Gasteiger partial charge in [-0.3, -0.25) is 9.89 Å². The molecule has 0 fully saturated rings. The lowest BCUT2D eigenvalue weighted by molar-refractivity contribution is -0.0512. The maximum Gasteiger partial charge on any atom is 0.387 e. The Bertz CT molecular complexity index is 916. The van der Waals surface area contributed by atoms with Crippen molar-refractivity contribution in [1.29, 1.82) is 0 Å². The minimum absolute atomic E-state index is 0.0361. The minimum atomic E-state index is -2.98. The number of H-pyrrole nitrogens is 1. The minimum Gasteiger partial charge on any atom is -0.493 e. The van der Waals surface area contributed by atoms with E-state index in [1.807, 2.05) is 30.3 Å². The monoisotopic (exact) mass is 374 g/mol. The molecule has 7 nitrogen and oxygen atoms in total. The van der Waals surface area contributed by atoms with E-state index in [-0.39, 0.29) is 23.6 Å². The Morgan fingerprint density at radius 3 is 2.67 bits per heavy atom. The molecule has 140 valence electrons. The third kappa shape index (κ3) is 4.57. The predicted octanol–water partition coefficient (Wildman–Crippen LogP) is 3.01. The van der Waals surface area contributed by atoms with Gasteiger partial charge in [0.2, 0.25) is 0 Å². The summed E-state index contributed by atoms with van der Waals surface area (Å²) in [5.74, 6) is 0.470. The first-order valence-electron chi connectivity index (χ1n) is 7.94. The summed E-state index contributed by atoms with van der Waals surface area (Å²) in [5, 5.41) is 9.54. The lowest BCUT2D eigenvalue weighted by atomic mass is 10.2. The molecular weight excluding hydrogens is 358 g/mol. The molecule has 1 heterocycles. The van der Waals surface area contributed by atoms with Crippen LogP contribution in [-0.2, 0) is 6.54 Å². The molecule has 0 aliphatic rings. The SMILES string of the molecule is COc1cc(C(=O)NCc2nc(-c3ccccc3)n[nH]2)ccc1OC(F)F. The number of ether oxygens (including phenoxy) is 2. The Morgan fingerprint density at radius 1 is 1.19 bits per heavy atom. The second-order valence-corrected chi connectivity index (χ2v) is 5.40. The Hall–Kier alpha value is -3.49.